The first-order valence-corrected chi connectivity index (χ1v) is 11.1. The number of nitrogens with zero attached hydrogens (tertiary/aromatic N) is 3. The number of hydrogen-bond acceptors (Lipinski definition) is 3. The lowest BCUT2D eigenvalue weighted by molar-refractivity contribution is 0.203. The Morgan fingerprint density at radius 1 is 1.22 bits per heavy atom. The molecular formula is C25H30FN5O. The number of urea groups is 1. The maximum Gasteiger partial charge on any atom is 0.317 e. The molecule has 1 aliphatic heterocycles. The fourth-order valence-corrected chi connectivity index (χ4v) is 4.11. The summed E-state index contributed by atoms with van der Waals surface area (Å²) in [6, 6.07) is 18.9. The average Bonchev–Trinajstić information content (AvgIpc) is 3.44. The third-order valence-electron chi connectivity index (χ3n) is 5.89. The highest BCUT2D eigenvalue weighted by Crippen LogP contribution is 2.19. The number of aryl methyl sites for hydroxylation is 1. The zero-order valence-corrected chi connectivity index (χ0v) is 18.4. The third-order valence-corrected chi connectivity index (χ3v) is 5.89. The van der Waals surface area contributed by atoms with Crippen LogP contribution in [0.5, 0.6) is 0 Å². The maximum atomic E-state index is 13.4. The predicted octanol–water partition coefficient (Wildman–Crippen LogP) is 4.06. The Hall–Kier alpha value is -3.19. The lowest BCUT2D eigenvalue weighted by Crippen LogP contribution is -2.44. The van der Waals surface area contributed by atoms with E-state index in [9.17, 15) is 9.18 Å². The van der Waals surface area contributed by atoms with E-state index in [1.165, 1.54) is 17.7 Å². The van der Waals surface area contributed by atoms with Gasteiger partial charge in [0.1, 0.15) is 5.82 Å². The number of aromatic amines is 1. The zero-order chi connectivity index (χ0) is 22.3. The Bertz CT molecular complexity index is 1020. The number of H-pyrrole nitrogens is 1. The number of likely N-dealkylation sites (tertiary alicyclic amines) is 1. The van der Waals surface area contributed by atoms with Crippen LogP contribution in [0.3, 0.4) is 0 Å². The summed E-state index contributed by atoms with van der Waals surface area (Å²) in [5, 5.41) is 10.5. The predicted molar refractivity (Wildman–Crippen MR) is 124 cm³/mol. The van der Waals surface area contributed by atoms with E-state index in [0.29, 0.717) is 6.54 Å². The summed E-state index contributed by atoms with van der Waals surface area (Å²) in [5.74, 6) is -0.273. The van der Waals surface area contributed by atoms with Gasteiger partial charge in [0.2, 0.25) is 0 Å². The minimum atomic E-state index is -0.273. The van der Waals surface area contributed by atoms with Crippen molar-refractivity contribution in [1.29, 1.82) is 0 Å². The topological polar surface area (TPSA) is 64.3 Å². The van der Waals surface area contributed by atoms with E-state index in [1.54, 1.807) is 11.0 Å². The van der Waals surface area contributed by atoms with Gasteiger partial charge >= 0.3 is 6.03 Å². The van der Waals surface area contributed by atoms with Gasteiger partial charge in [0.25, 0.3) is 0 Å². The summed E-state index contributed by atoms with van der Waals surface area (Å²) in [7, 11) is 1.83. The molecule has 2 aromatic carbocycles. The van der Waals surface area contributed by atoms with Crippen LogP contribution in [-0.4, -0.2) is 58.8 Å². The number of nitrogens with one attached hydrogen (secondary N) is 2. The van der Waals surface area contributed by atoms with Crippen molar-refractivity contribution in [1.82, 2.24) is 25.3 Å². The quantitative estimate of drug-likeness (QED) is 0.561. The molecule has 0 radical (unpaired) electrons. The number of amides is 2. The van der Waals surface area contributed by atoms with Crippen LogP contribution in [0.25, 0.3) is 11.3 Å². The van der Waals surface area contributed by atoms with Crippen molar-refractivity contribution in [3.05, 3.63) is 77.7 Å². The van der Waals surface area contributed by atoms with Gasteiger partial charge in [-0.1, -0.05) is 42.5 Å². The molecule has 0 spiro atoms. The fourth-order valence-electron chi connectivity index (χ4n) is 4.11. The molecule has 2 N–H and O–H groups in total. The highest BCUT2D eigenvalue weighted by atomic mass is 19.1. The molecule has 1 atom stereocenters. The van der Waals surface area contributed by atoms with Gasteiger partial charge in [-0.2, -0.15) is 5.10 Å². The van der Waals surface area contributed by atoms with Crippen molar-refractivity contribution in [3.63, 3.8) is 0 Å². The van der Waals surface area contributed by atoms with Crippen LogP contribution in [0, 0.1) is 5.82 Å². The highest BCUT2D eigenvalue weighted by molar-refractivity contribution is 5.74. The number of benzene rings is 2. The summed E-state index contributed by atoms with van der Waals surface area (Å²) in [4.78, 5) is 16.7. The van der Waals surface area contributed by atoms with Crippen molar-refractivity contribution < 1.29 is 9.18 Å². The van der Waals surface area contributed by atoms with Gasteiger partial charge in [-0.25, -0.2) is 9.18 Å². The molecule has 32 heavy (non-hydrogen) atoms. The summed E-state index contributed by atoms with van der Waals surface area (Å²) >= 11 is 0. The molecule has 1 unspecified atom stereocenters. The molecule has 0 aliphatic carbocycles. The van der Waals surface area contributed by atoms with Crippen LogP contribution < -0.4 is 5.32 Å². The summed E-state index contributed by atoms with van der Waals surface area (Å²) in [6.07, 6.45) is 2.57. The van der Waals surface area contributed by atoms with Crippen molar-refractivity contribution >= 4 is 6.03 Å². The number of carbonyl (C=O) groups excluding carboxylic acids is 1. The molecule has 0 saturated carbocycles. The summed E-state index contributed by atoms with van der Waals surface area (Å²) in [5.41, 5.74) is 3.76. The van der Waals surface area contributed by atoms with Crippen LogP contribution in [0.4, 0.5) is 9.18 Å². The Labute approximate surface area is 188 Å². The van der Waals surface area contributed by atoms with E-state index in [-0.39, 0.29) is 17.9 Å². The largest absolute Gasteiger partial charge is 0.334 e. The molecule has 2 heterocycles. The van der Waals surface area contributed by atoms with Gasteiger partial charge in [-0.3, -0.25) is 10.00 Å². The van der Waals surface area contributed by atoms with Crippen molar-refractivity contribution in [3.8, 4) is 11.3 Å². The average molecular weight is 436 g/mol. The molecule has 7 heteroatoms. The first-order chi connectivity index (χ1) is 15.6. The SMILES string of the molecule is CN(CCCc1cc(-c2cccc(F)c2)n[nH]1)C(=O)NC1CCN(Cc2ccccc2)C1. The fraction of sp³-hybridized carbons (Fsp3) is 0.360. The van der Waals surface area contributed by atoms with Crippen LogP contribution in [0.15, 0.2) is 60.7 Å². The summed E-state index contributed by atoms with van der Waals surface area (Å²) in [6.45, 7) is 3.45. The number of rotatable bonds is 8. The number of aromatic nitrogens is 2. The van der Waals surface area contributed by atoms with E-state index in [1.807, 2.05) is 25.2 Å². The van der Waals surface area contributed by atoms with Gasteiger partial charge in [0.15, 0.2) is 0 Å². The summed E-state index contributed by atoms with van der Waals surface area (Å²) < 4.78 is 13.4. The van der Waals surface area contributed by atoms with Gasteiger partial charge in [-0.15, -0.1) is 0 Å². The van der Waals surface area contributed by atoms with Gasteiger partial charge < -0.3 is 10.2 Å². The standard InChI is InChI=1S/C25H30FN5O/c1-30(13-6-11-22-16-24(29-28-22)20-9-5-10-21(26)15-20)25(32)27-23-12-14-31(18-23)17-19-7-3-2-4-8-19/h2-5,7-10,15-16,23H,6,11-14,17-18H2,1H3,(H,27,32)(H,28,29). The first kappa shape index (κ1) is 22.0. The molecule has 168 valence electrons. The molecule has 2 amide bonds. The van der Waals surface area contributed by atoms with Gasteiger partial charge in [-0.05, 0) is 43.0 Å². The van der Waals surface area contributed by atoms with Crippen LogP contribution in [0.1, 0.15) is 24.1 Å². The smallest absolute Gasteiger partial charge is 0.317 e. The Morgan fingerprint density at radius 2 is 2.06 bits per heavy atom. The third kappa shape index (κ3) is 5.95. The zero-order valence-electron chi connectivity index (χ0n) is 18.4. The van der Waals surface area contributed by atoms with Crippen LogP contribution in [0.2, 0.25) is 0 Å². The molecule has 1 aromatic heterocycles. The van der Waals surface area contributed by atoms with E-state index in [0.717, 1.165) is 55.8 Å². The minimum Gasteiger partial charge on any atom is -0.334 e. The highest BCUT2D eigenvalue weighted by Gasteiger charge is 2.24. The van der Waals surface area contributed by atoms with Crippen molar-refractivity contribution in [2.45, 2.75) is 31.8 Å². The minimum absolute atomic E-state index is 0.0263. The molecule has 4 rings (SSSR count). The normalized spacial score (nSPS) is 16.2. The Morgan fingerprint density at radius 3 is 2.88 bits per heavy atom. The maximum absolute atomic E-state index is 13.4. The van der Waals surface area contributed by atoms with Crippen molar-refractivity contribution in [2.75, 3.05) is 26.7 Å². The lowest BCUT2D eigenvalue weighted by Gasteiger charge is -2.21. The monoisotopic (exact) mass is 435 g/mol. The van der Waals surface area contributed by atoms with E-state index in [4.69, 9.17) is 0 Å². The van der Waals surface area contributed by atoms with Gasteiger partial charge in [0.05, 0.1) is 5.69 Å². The number of hydrogen-bond donors (Lipinski definition) is 2. The lowest BCUT2D eigenvalue weighted by atomic mass is 10.1. The molecule has 1 aliphatic rings. The van der Waals surface area contributed by atoms with Gasteiger partial charge in [0, 0.05) is 50.5 Å². The second-order valence-corrected chi connectivity index (χ2v) is 8.47. The second kappa shape index (κ2) is 10.4. The van der Waals surface area contributed by atoms with E-state index < -0.39 is 0 Å². The molecule has 3 aromatic rings. The molecular weight excluding hydrogens is 405 g/mol. The number of carbonyl (C=O) groups is 1. The van der Waals surface area contributed by atoms with E-state index in [2.05, 4.69) is 44.7 Å². The Kier molecular flexibility index (Phi) is 7.17. The molecule has 1 saturated heterocycles. The number of halogens is 1. The second-order valence-electron chi connectivity index (χ2n) is 8.47. The molecule has 1 fully saturated rings. The molecule has 6 nitrogen and oxygen atoms in total. The van der Waals surface area contributed by atoms with E-state index >= 15 is 0 Å². The Balaban J connectivity index is 1.18. The van der Waals surface area contributed by atoms with Crippen LogP contribution >= 0.6 is 0 Å². The van der Waals surface area contributed by atoms with Crippen LogP contribution in [-0.2, 0) is 13.0 Å². The van der Waals surface area contributed by atoms with Crippen molar-refractivity contribution in [2.24, 2.45) is 0 Å². The first-order valence-electron chi connectivity index (χ1n) is 11.1. The molecule has 0 bridgehead atoms.